The van der Waals surface area contributed by atoms with Crippen molar-refractivity contribution < 1.29 is 0 Å². The lowest BCUT2D eigenvalue weighted by molar-refractivity contribution is 0.226. The standard InChI is InChI=1S/C16H26N2/c1-6-13-7-9-14(10-8-13)18-11-15(2,3)17-16(4,5)12-18/h7-10,17H,6,11-12H2,1-5H3. The molecule has 100 valence electrons. The van der Waals surface area contributed by atoms with Gasteiger partial charge in [-0.15, -0.1) is 0 Å². The molecule has 1 saturated heterocycles. The van der Waals surface area contributed by atoms with Crippen LogP contribution in [0.1, 0.15) is 40.2 Å². The van der Waals surface area contributed by atoms with Crippen LogP contribution in [0.15, 0.2) is 24.3 Å². The van der Waals surface area contributed by atoms with E-state index in [1.807, 2.05) is 0 Å². The number of rotatable bonds is 2. The summed E-state index contributed by atoms with van der Waals surface area (Å²) >= 11 is 0. The summed E-state index contributed by atoms with van der Waals surface area (Å²) in [4.78, 5) is 2.50. The van der Waals surface area contributed by atoms with E-state index in [0.29, 0.717) is 0 Å². The fraction of sp³-hybridized carbons (Fsp3) is 0.625. The number of anilines is 1. The molecule has 0 spiro atoms. The predicted molar refractivity (Wildman–Crippen MR) is 79.3 cm³/mol. The molecule has 1 fully saturated rings. The van der Waals surface area contributed by atoms with Gasteiger partial charge in [0, 0.05) is 29.9 Å². The Hall–Kier alpha value is -1.02. The van der Waals surface area contributed by atoms with Crippen LogP contribution in [-0.4, -0.2) is 24.2 Å². The van der Waals surface area contributed by atoms with E-state index in [0.717, 1.165) is 19.5 Å². The van der Waals surface area contributed by atoms with Crippen molar-refractivity contribution in [3.05, 3.63) is 29.8 Å². The van der Waals surface area contributed by atoms with E-state index in [-0.39, 0.29) is 11.1 Å². The van der Waals surface area contributed by atoms with Gasteiger partial charge in [0.05, 0.1) is 0 Å². The van der Waals surface area contributed by atoms with E-state index in [1.54, 1.807) is 0 Å². The zero-order valence-corrected chi connectivity index (χ0v) is 12.4. The number of aryl methyl sites for hydroxylation is 1. The smallest absolute Gasteiger partial charge is 0.0367 e. The van der Waals surface area contributed by atoms with Crippen molar-refractivity contribution in [3.8, 4) is 0 Å². The molecule has 1 aromatic rings. The van der Waals surface area contributed by atoms with Crippen molar-refractivity contribution in [2.24, 2.45) is 0 Å². The maximum Gasteiger partial charge on any atom is 0.0367 e. The van der Waals surface area contributed by atoms with Gasteiger partial charge in [-0.1, -0.05) is 19.1 Å². The fourth-order valence-electron chi connectivity index (χ4n) is 3.13. The summed E-state index contributed by atoms with van der Waals surface area (Å²) in [6.45, 7) is 13.4. The molecule has 0 unspecified atom stereocenters. The van der Waals surface area contributed by atoms with Crippen LogP contribution in [0.25, 0.3) is 0 Å². The van der Waals surface area contributed by atoms with E-state index < -0.39 is 0 Å². The quantitative estimate of drug-likeness (QED) is 0.862. The molecule has 0 amide bonds. The Morgan fingerprint density at radius 1 is 1.00 bits per heavy atom. The van der Waals surface area contributed by atoms with Gasteiger partial charge in [0.2, 0.25) is 0 Å². The summed E-state index contributed by atoms with van der Waals surface area (Å²) < 4.78 is 0. The molecule has 1 aromatic carbocycles. The van der Waals surface area contributed by atoms with Crippen molar-refractivity contribution in [2.45, 2.75) is 52.1 Å². The van der Waals surface area contributed by atoms with Crippen molar-refractivity contribution in [1.82, 2.24) is 5.32 Å². The molecular formula is C16H26N2. The Labute approximate surface area is 111 Å². The molecule has 1 N–H and O–H groups in total. The monoisotopic (exact) mass is 246 g/mol. The summed E-state index contributed by atoms with van der Waals surface area (Å²) in [7, 11) is 0. The summed E-state index contributed by atoms with van der Waals surface area (Å²) in [5, 5.41) is 3.71. The minimum absolute atomic E-state index is 0.158. The Kier molecular flexibility index (Phi) is 3.41. The second-order valence-corrected chi connectivity index (χ2v) is 6.77. The highest BCUT2D eigenvalue weighted by atomic mass is 15.3. The molecule has 2 heteroatoms. The minimum atomic E-state index is 0.158. The number of hydrogen-bond acceptors (Lipinski definition) is 2. The molecule has 2 rings (SSSR count). The molecule has 0 atom stereocenters. The number of piperazine rings is 1. The van der Waals surface area contributed by atoms with E-state index in [2.05, 4.69) is 69.1 Å². The van der Waals surface area contributed by atoms with Crippen molar-refractivity contribution in [3.63, 3.8) is 0 Å². The summed E-state index contributed by atoms with van der Waals surface area (Å²) in [6, 6.07) is 9.02. The predicted octanol–water partition coefficient (Wildman–Crippen LogP) is 3.22. The molecule has 0 bridgehead atoms. The molecule has 0 aliphatic carbocycles. The van der Waals surface area contributed by atoms with Gasteiger partial charge in [-0.3, -0.25) is 0 Å². The molecule has 1 aliphatic rings. The van der Waals surface area contributed by atoms with Gasteiger partial charge in [-0.25, -0.2) is 0 Å². The molecule has 0 saturated carbocycles. The lowest BCUT2D eigenvalue weighted by Crippen LogP contribution is -2.66. The van der Waals surface area contributed by atoms with Gasteiger partial charge < -0.3 is 10.2 Å². The highest BCUT2D eigenvalue weighted by molar-refractivity contribution is 5.49. The molecule has 18 heavy (non-hydrogen) atoms. The second kappa shape index (κ2) is 4.58. The van der Waals surface area contributed by atoms with Crippen LogP contribution >= 0.6 is 0 Å². The summed E-state index contributed by atoms with van der Waals surface area (Å²) in [5.74, 6) is 0. The van der Waals surface area contributed by atoms with Crippen LogP contribution in [0.4, 0.5) is 5.69 Å². The lowest BCUT2D eigenvalue weighted by Gasteiger charge is -2.49. The third kappa shape index (κ3) is 3.05. The van der Waals surface area contributed by atoms with Crippen LogP contribution in [0.5, 0.6) is 0 Å². The van der Waals surface area contributed by atoms with Crippen LogP contribution < -0.4 is 10.2 Å². The number of nitrogens with one attached hydrogen (secondary N) is 1. The van der Waals surface area contributed by atoms with Gasteiger partial charge in [-0.2, -0.15) is 0 Å². The van der Waals surface area contributed by atoms with Crippen LogP contribution in [0.3, 0.4) is 0 Å². The molecule has 1 aliphatic heterocycles. The Balaban J connectivity index is 2.21. The molecular weight excluding hydrogens is 220 g/mol. The highest BCUT2D eigenvalue weighted by Gasteiger charge is 2.36. The van der Waals surface area contributed by atoms with Crippen LogP contribution in [-0.2, 0) is 6.42 Å². The van der Waals surface area contributed by atoms with Gasteiger partial charge in [0.25, 0.3) is 0 Å². The largest absolute Gasteiger partial charge is 0.368 e. The molecule has 0 aromatic heterocycles. The van der Waals surface area contributed by atoms with Gasteiger partial charge in [0.1, 0.15) is 0 Å². The van der Waals surface area contributed by atoms with Crippen LogP contribution in [0, 0.1) is 0 Å². The first-order valence-corrected chi connectivity index (χ1v) is 6.95. The normalized spacial score (nSPS) is 21.9. The van der Waals surface area contributed by atoms with Crippen molar-refractivity contribution in [2.75, 3.05) is 18.0 Å². The van der Waals surface area contributed by atoms with Gasteiger partial charge in [0.15, 0.2) is 0 Å². The number of benzene rings is 1. The van der Waals surface area contributed by atoms with E-state index in [1.165, 1.54) is 11.3 Å². The zero-order chi connectivity index (χ0) is 13.4. The minimum Gasteiger partial charge on any atom is -0.368 e. The van der Waals surface area contributed by atoms with Crippen LogP contribution in [0.2, 0.25) is 0 Å². The lowest BCUT2D eigenvalue weighted by atomic mass is 9.91. The first kappa shape index (κ1) is 13.4. The Morgan fingerprint density at radius 2 is 1.50 bits per heavy atom. The highest BCUT2D eigenvalue weighted by Crippen LogP contribution is 2.26. The first-order chi connectivity index (χ1) is 8.31. The SMILES string of the molecule is CCc1ccc(N2CC(C)(C)NC(C)(C)C2)cc1. The fourth-order valence-corrected chi connectivity index (χ4v) is 3.13. The second-order valence-electron chi connectivity index (χ2n) is 6.77. The summed E-state index contributed by atoms with van der Waals surface area (Å²) in [5.41, 5.74) is 3.07. The Morgan fingerprint density at radius 3 is 1.94 bits per heavy atom. The van der Waals surface area contributed by atoms with E-state index in [4.69, 9.17) is 0 Å². The first-order valence-electron chi connectivity index (χ1n) is 6.95. The zero-order valence-electron chi connectivity index (χ0n) is 12.4. The third-order valence-electron chi connectivity index (χ3n) is 3.56. The average molecular weight is 246 g/mol. The van der Waals surface area contributed by atoms with Crippen molar-refractivity contribution in [1.29, 1.82) is 0 Å². The Bertz CT molecular complexity index is 388. The maximum absolute atomic E-state index is 3.71. The van der Waals surface area contributed by atoms with E-state index in [9.17, 15) is 0 Å². The van der Waals surface area contributed by atoms with E-state index >= 15 is 0 Å². The number of nitrogens with zero attached hydrogens (tertiary/aromatic N) is 1. The average Bonchev–Trinajstić information content (AvgIpc) is 2.25. The molecule has 0 radical (unpaired) electrons. The summed E-state index contributed by atoms with van der Waals surface area (Å²) in [6.07, 6.45) is 1.11. The molecule has 1 heterocycles. The maximum atomic E-state index is 3.71. The number of hydrogen-bond donors (Lipinski definition) is 1. The third-order valence-corrected chi connectivity index (χ3v) is 3.56. The topological polar surface area (TPSA) is 15.3 Å². The van der Waals surface area contributed by atoms with Crippen molar-refractivity contribution >= 4 is 5.69 Å². The van der Waals surface area contributed by atoms with Gasteiger partial charge in [-0.05, 0) is 51.8 Å². The molecule has 2 nitrogen and oxygen atoms in total. The van der Waals surface area contributed by atoms with Gasteiger partial charge >= 0.3 is 0 Å².